The lowest BCUT2D eigenvalue weighted by Crippen LogP contribution is -2.60. The van der Waals surface area contributed by atoms with E-state index in [2.05, 4.69) is 0 Å². The van der Waals surface area contributed by atoms with Crippen LogP contribution in [-0.4, -0.2) is 79.0 Å². The van der Waals surface area contributed by atoms with Gasteiger partial charge in [0.15, 0.2) is 5.76 Å². The molecular weight excluding hydrogens is 580 g/mol. The molecule has 13 heteroatoms. The maximum Gasteiger partial charge on any atom is 0.330 e. The number of benzene rings is 3. The van der Waals surface area contributed by atoms with Gasteiger partial charge in [-0.2, -0.15) is 0 Å². The van der Waals surface area contributed by atoms with Crippen LogP contribution in [0.3, 0.4) is 0 Å². The number of aromatic hydroxyl groups is 4. The van der Waals surface area contributed by atoms with E-state index in [9.17, 15) is 45.3 Å². The van der Waals surface area contributed by atoms with Crippen molar-refractivity contribution in [2.24, 2.45) is 0 Å². The lowest BCUT2D eigenvalue weighted by molar-refractivity contribution is -0.278. The van der Waals surface area contributed by atoms with E-state index in [-0.39, 0.29) is 41.2 Å². The number of carbonyl (C=O) groups is 1. The Morgan fingerprint density at radius 3 is 2.14 bits per heavy atom. The summed E-state index contributed by atoms with van der Waals surface area (Å²) in [6, 6.07) is 13.4. The summed E-state index contributed by atoms with van der Waals surface area (Å²) in [6.45, 7) is -0.583. The van der Waals surface area contributed by atoms with Crippen molar-refractivity contribution in [3.63, 3.8) is 0 Å². The topological polar surface area (TPSA) is 217 Å². The van der Waals surface area contributed by atoms with Crippen molar-refractivity contribution < 1.29 is 59.2 Å². The standard InChI is InChI=1S/C30H26O13.CH4/c31-16-6-1-14(2-7-16)3-10-22(35)40-13-21-24(36)26(38)27(39)30(42-21)43-29-25(37)23-19(34)11-18(33)12-20(23)41-28(29)15-4-8-17(32)9-5-15;/h1-12,21,24,26-27,30-34,36,38-39H,13H2;1H4/b10-3+;/t21-,24-,26+,27-,30+;/m1./s1. The SMILES string of the molecule is C.O=C(/C=C/c1ccc(O)cc1)OC[C@H]1O[C@@H](Oc2c(-c3ccc(O)cc3)oc3cc(O)cc(O)c3c2=O)[C@H](O)[C@@H](O)[C@@H]1O. The van der Waals surface area contributed by atoms with Crippen LogP contribution in [-0.2, 0) is 14.3 Å². The van der Waals surface area contributed by atoms with Crippen LogP contribution in [0.4, 0.5) is 0 Å². The van der Waals surface area contributed by atoms with E-state index in [0.717, 1.165) is 18.2 Å². The molecule has 232 valence electrons. The number of rotatable bonds is 7. The maximum absolute atomic E-state index is 13.5. The summed E-state index contributed by atoms with van der Waals surface area (Å²) in [5.74, 6) is -2.70. The number of fused-ring (bicyclic) bond motifs is 1. The number of phenols is 4. The maximum atomic E-state index is 13.5. The molecule has 0 unspecified atom stereocenters. The van der Waals surface area contributed by atoms with Gasteiger partial charge in [-0.25, -0.2) is 4.79 Å². The zero-order valence-electron chi connectivity index (χ0n) is 22.1. The highest BCUT2D eigenvalue weighted by Crippen LogP contribution is 2.37. The number of hydrogen-bond acceptors (Lipinski definition) is 13. The van der Waals surface area contributed by atoms with Crippen LogP contribution in [0.5, 0.6) is 28.7 Å². The summed E-state index contributed by atoms with van der Waals surface area (Å²) < 4.78 is 22.2. The van der Waals surface area contributed by atoms with Crippen molar-refractivity contribution >= 4 is 23.0 Å². The van der Waals surface area contributed by atoms with Gasteiger partial charge in [-0.1, -0.05) is 19.6 Å². The predicted octanol–water partition coefficient (Wildman–Crippen LogP) is 2.36. The smallest absolute Gasteiger partial charge is 0.330 e. The van der Waals surface area contributed by atoms with Crippen LogP contribution in [0, 0.1) is 0 Å². The summed E-state index contributed by atoms with van der Waals surface area (Å²) in [5.41, 5.74) is -0.328. The first-order chi connectivity index (χ1) is 20.5. The number of esters is 1. The number of ether oxygens (including phenoxy) is 3. The molecule has 0 bridgehead atoms. The molecule has 1 fully saturated rings. The molecule has 0 aliphatic carbocycles. The van der Waals surface area contributed by atoms with Crippen LogP contribution in [0.2, 0.25) is 0 Å². The van der Waals surface area contributed by atoms with Crippen LogP contribution >= 0.6 is 0 Å². The Labute approximate surface area is 249 Å². The van der Waals surface area contributed by atoms with E-state index >= 15 is 0 Å². The van der Waals surface area contributed by atoms with Crippen LogP contribution in [0.25, 0.3) is 28.4 Å². The molecule has 2 heterocycles. The van der Waals surface area contributed by atoms with Crippen molar-refractivity contribution in [3.8, 4) is 40.1 Å². The van der Waals surface area contributed by atoms with Gasteiger partial charge >= 0.3 is 5.97 Å². The lowest BCUT2D eigenvalue weighted by Gasteiger charge is -2.39. The first-order valence-electron chi connectivity index (χ1n) is 12.8. The zero-order valence-corrected chi connectivity index (χ0v) is 22.1. The van der Waals surface area contributed by atoms with Crippen LogP contribution in [0.1, 0.15) is 13.0 Å². The molecule has 0 spiro atoms. The van der Waals surface area contributed by atoms with E-state index in [1.165, 1.54) is 42.5 Å². The second kappa shape index (κ2) is 13.1. The van der Waals surface area contributed by atoms with Crippen molar-refractivity contribution in [2.75, 3.05) is 6.61 Å². The summed E-state index contributed by atoms with van der Waals surface area (Å²) in [7, 11) is 0. The minimum Gasteiger partial charge on any atom is -0.508 e. The number of aliphatic hydroxyl groups is 3. The van der Waals surface area contributed by atoms with Crippen LogP contribution in [0.15, 0.2) is 76.0 Å². The average molecular weight is 611 g/mol. The Bertz CT molecular complexity index is 1710. The molecule has 0 amide bonds. The van der Waals surface area contributed by atoms with Gasteiger partial charge in [0.05, 0.1) is 0 Å². The van der Waals surface area contributed by atoms with E-state index in [4.69, 9.17) is 18.6 Å². The van der Waals surface area contributed by atoms with Crippen molar-refractivity contribution in [2.45, 2.75) is 38.1 Å². The molecule has 0 radical (unpaired) electrons. The number of hydrogen-bond donors (Lipinski definition) is 7. The number of aliphatic hydroxyl groups excluding tert-OH is 3. The Morgan fingerprint density at radius 1 is 0.841 bits per heavy atom. The molecule has 5 rings (SSSR count). The number of phenolic OH excluding ortho intramolecular Hbond substituents is 4. The molecule has 4 aromatic rings. The highest BCUT2D eigenvalue weighted by Gasteiger charge is 2.46. The molecule has 44 heavy (non-hydrogen) atoms. The molecule has 13 nitrogen and oxygen atoms in total. The van der Waals surface area contributed by atoms with E-state index in [0.29, 0.717) is 5.56 Å². The van der Waals surface area contributed by atoms with Gasteiger partial charge in [-0.15, -0.1) is 0 Å². The minimum atomic E-state index is -1.90. The van der Waals surface area contributed by atoms with Crippen LogP contribution < -0.4 is 10.2 Å². The molecule has 1 saturated heterocycles. The third-order valence-corrected chi connectivity index (χ3v) is 6.64. The molecule has 5 atom stereocenters. The molecule has 1 aliphatic rings. The zero-order chi connectivity index (χ0) is 30.8. The highest BCUT2D eigenvalue weighted by molar-refractivity contribution is 5.88. The van der Waals surface area contributed by atoms with E-state index in [1.54, 1.807) is 12.1 Å². The normalized spacial score (nSPS) is 21.6. The van der Waals surface area contributed by atoms with Crippen molar-refractivity contribution in [1.82, 2.24) is 0 Å². The summed E-state index contributed by atoms with van der Waals surface area (Å²) >= 11 is 0. The predicted molar refractivity (Wildman–Crippen MR) is 155 cm³/mol. The van der Waals surface area contributed by atoms with Gasteiger partial charge in [0.1, 0.15) is 65.0 Å². The second-order valence-electron chi connectivity index (χ2n) is 9.66. The lowest BCUT2D eigenvalue weighted by atomic mass is 9.99. The third-order valence-electron chi connectivity index (χ3n) is 6.64. The monoisotopic (exact) mass is 610 g/mol. The van der Waals surface area contributed by atoms with E-state index < -0.39 is 66.0 Å². The largest absolute Gasteiger partial charge is 0.508 e. The van der Waals surface area contributed by atoms with Gasteiger partial charge in [0, 0.05) is 23.8 Å². The average Bonchev–Trinajstić information content (AvgIpc) is 2.97. The van der Waals surface area contributed by atoms with Gasteiger partial charge in [0.25, 0.3) is 0 Å². The van der Waals surface area contributed by atoms with E-state index in [1.807, 2.05) is 0 Å². The first kappa shape index (κ1) is 31.8. The fraction of sp³-hybridized carbons (Fsp3) is 0.226. The molecule has 1 aromatic heterocycles. The third kappa shape index (κ3) is 6.61. The van der Waals surface area contributed by atoms with Gasteiger partial charge in [-0.05, 0) is 48.0 Å². The first-order valence-corrected chi connectivity index (χ1v) is 12.8. The molecule has 1 aliphatic heterocycles. The van der Waals surface area contributed by atoms with Crippen molar-refractivity contribution in [3.05, 3.63) is 82.5 Å². The second-order valence-corrected chi connectivity index (χ2v) is 9.66. The van der Waals surface area contributed by atoms with Crippen molar-refractivity contribution in [1.29, 1.82) is 0 Å². The summed E-state index contributed by atoms with van der Waals surface area (Å²) in [6.07, 6.45) is -6.17. The highest BCUT2D eigenvalue weighted by atomic mass is 16.7. The van der Waals surface area contributed by atoms with Gasteiger partial charge in [0.2, 0.25) is 17.5 Å². The Hall–Kier alpha value is -5.08. The number of carbonyl (C=O) groups excluding carboxylic acids is 1. The molecule has 0 saturated carbocycles. The summed E-state index contributed by atoms with van der Waals surface area (Å²) in [4.78, 5) is 25.8. The van der Waals surface area contributed by atoms with Gasteiger partial charge < -0.3 is 54.4 Å². The fourth-order valence-electron chi connectivity index (χ4n) is 4.41. The fourth-order valence-corrected chi connectivity index (χ4v) is 4.41. The summed E-state index contributed by atoms with van der Waals surface area (Å²) in [5, 5.41) is 70.6. The quantitative estimate of drug-likeness (QED) is 0.118. The molecular formula is C31H30O13. The Kier molecular flexibility index (Phi) is 9.45. The Morgan fingerprint density at radius 2 is 1.48 bits per heavy atom. The minimum absolute atomic E-state index is 0. The Balaban J connectivity index is 0.00000442. The van der Waals surface area contributed by atoms with Gasteiger partial charge in [-0.3, -0.25) is 4.79 Å². The molecule has 3 aromatic carbocycles. The molecule has 7 N–H and O–H groups in total.